The fourth-order valence-corrected chi connectivity index (χ4v) is 2.62. The highest BCUT2D eigenvalue weighted by Crippen LogP contribution is 2.10. The summed E-state index contributed by atoms with van der Waals surface area (Å²) >= 11 is 0. The van der Waals surface area contributed by atoms with Crippen molar-refractivity contribution in [1.29, 1.82) is 0 Å². The zero-order chi connectivity index (χ0) is 12.1. The van der Waals surface area contributed by atoms with Crippen LogP contribution in [0.2, 0.25) is 0 Å². The Hall–Kier alpha value is -0.650. The number of rotatable bonds is 5. The molecule has 0 aromatic heterocycles. The Kier molecular flexibility index (Phi) is 4.76. The van der Waals surface area contributed by atoms with Crippen molar-refractivity contribution in [3.8, 4) is 0 Å². The van der Waals surface area contributed by atoms with E-state index in [-0.39, 0.29) is 24.5 Å². The molecule has 0 aliphatic carbocycles. The molecule has 98 valence electrons. The minimum atomic E-state index is -0.110. The van der Waals surface area contributed by atoms with E-state index in [0.29, 0.717) is 0 Å². The van der Waals surface area contributed by atoms with Gasteiger partial charge in [0.05, 0.1) is 18.6 Å². The summed E-state index contributed by atoms with van der Waals surface area (Å²) in [6.45, 7) is 4.70. The molecule has 2 fully saturated rings. The molecular weight excluding hydrogens is 218 g/mol. The highest BCUT2D eigenvalue weighted by Gasteiger charge is 2.25. The molecule has 2 aliphatic heterocycles. The Morgan fingerprint density at radius 1 is 1.47 bits per heavy atom. The van der Waals surface area contributed by atoms with Crippen LogP contribution < -0.4 is 10.6 Å². The second-order valence-electron chi connectivity index (χ2n) is 5.09. The molecule has 0 aromatic carbocycles. The van der Waals surface area contributed by atoms with Crippen LogP contribution in [0, 0.1) is 5.92 Å². The molecular formula is C12H23N3O2. The van der Waals surface area contributed by atoms with Crippen molar-refractivity contribution in [2.75, 3.05) is 39.3 Å². The van der Waals surface area contributed by atoms with Gasteiger partial charge in [0.2, 0.25) is 5.91 Å². The first-order chi connectivity index (χ1) is 8.29. The largest absolute Gasteiger partial charge is 0.394 e. The van der Waals surface area contributed by atoms with Gasteiger partial charge in [0.1, 0.15) is 0 Å². The summed E-state index contributed by atoms with van der Waals surface area (Å²) in [5.41, 5.74) is 0. The number of amides is 1. The maximum atomic E-state index is 11.9. The Bertz CT molecular complexity index is 248. The summed E-state index contributed by atoms with van der Waals surface area (Å²) in [6.07, 6.45) is 3.38. The molecule has 0 radical (unpaired) electrons. The van der Waals surface area contributed by atoms with E-state index in [1.165, 1.54) is 12.8 Å². The minimum absolute atomic E-state index is 0.0301. The normalized spacial score (nSPS) is 27.2. The van der Waals surface area contributed by atoms with Crippen LogP contribution in [0.4, 0.5) is 0 Å². The van der Waals surface area contributed by atoms with E-state index in [1.54, 1.807) is 0 Å². The number of aliphatic hydroxyl groups excluding tert-OH is 1. The summed E-state index contributed by atoms with van der Waals surface area (Å²) in [5.74, 6) is 0.177. The van der Waals surface area contributed by atoms with E-state index < -0.39 is 0 Å². The molecule has 2 unspecified atom stereocenters. The SMILES string of the molecule is O=C(NC(CO)CN1CCCC1)C1CCNC1. The van der Waals surface area contributed by atoms with Crippen LogP contribution >= 0.6 is 0 Å². The number of nitrogens with one attached hydrogen (secondary N) is 2. The van der Waals surface area contributed by atoms with Gasteiger partial charge in [-0.05, 0) is 38.9 Å². The number of hydrogen-bond donors (Lipinski definition) is 3. The molecule has 2 heterocycles. The molecule has 1 amide bonds. The maximum absolute atomic E-state index is 11.9. The Labute approximate surface area is 103 Å². The third kappa shape index (κ3) is 3.66. The van der Waals surface area contributed by atoms with Gasteiger partial charge in [-0.25, -0.2) is 0 Å². The zero-order valence-electron chi connectivity index (χ0n) is 10.3. The van der Waals surface area contributed by atoms with Gasteiger partial charge < -0.3 is 20.6 Å². The summed E-state index contributed by atoms with van der Waals surface area (Å²) in [6, 6.07) is -0.110. The highest BCUT2D eigenvalue weighted by molar-refractivity contribution is 5.79. The number of aliphatic hydroxyl groups is 1. The van der Waals surface area contributed by atoms with E-state index in [9.17, 15) is 9.90 Å². The lowest BCUT2D eigenvalue weighted by Crippen LogP contribution is -2.47. The Morgan fingerprint density at radius 2 is 2.24 bits per heavy atom. The van der Waals surface area contributed by atoms with Gasteiger partial charge in [-0.2, -0.15) is 0 Å². The van der Waals surface area contributed by atoms with Gasteiger partial charge in [0, 0.05) is 13.1 Å². The Morgan fingerprint density at radius 3 is 2.82 bits per heavy atom. The topological polar surface area (TPSA) is 64.6 Å². The van der Waals surface area contributed by atoms with Gasteiger partial charge in [-0.1, -0.05) is 0 Å². The van der Waals surface area contributed by atoms with Crippen molar-refractivity contribution in [1.82, 2.24) is 15.5 Å². The van der Waals surface area contributed by atoms with Crippen LogP contribution in [0.15, 0.2) is 0 Å². The third-order valence-electron chi connectivity index (χ3n) is 3.68. The first kappa shape index (κ1) is 12.8. The van der Waals surface area contributed by atoms with Crippen molar-refractivity contribution < 1.29 is 9.90 Å². The number of nitrogens with zero attached hydrogens (tertiary/aromatic N) is 1. The minimum Gasteiger partial charge on any atom is -0.394 e. The van der Waals surface area contributed by atoms with Crippen molar-refractivity contribution in [2.45, 2.75) is 25.3 Å². The summed E-state index contributed by atoms with van der Waals surface area (Å²) in [7, 11) is 0. The first-order valence-corrected chi connectivity index (χ1v) is 6.64. The lowest BCUT2D eigenvalue weighted by Gasteiger charge is -2.24. The smallest absolute Gasteiger partial charge is 0.224 e. The van der Waals surface area contributed by atoms with Crippen LogP contribution in [0.3, 0.4) is 0 Å². The molecule has 0 bridgehead atoms. The first-order valence-electron chi connectivity index (χ1n) is 6.64. The molecule has 2 atom stereocenters. The van der Waals surface area contributed by atoms with Crippen LogP contribution in [-0.2, 0) is 4.79 Å². The average Bonchev–Trinajstić information content (AvgIpc) is 3.00. The molecule has 5 nitrogen and oxygen atoms in total. The average molecular weight is 241 g/mol. The molecule has 2 rings (SSSR count). The fourth-order valence-electron chi connectivity index (χ4n) is 2.62. The second kappa shape index (κ2) is 6.33. The lowest BCUT2D eigenvalue weighted by atomic mass is 10.1. The number of carbonyl (C=O) groups is 1. The molecule has 0 aromatic rings. The number of carbonyl (C=O) groups excluding carboxylic acids is 1. The quantitative estimate of drug-likeness (QED) is 0.588. The van der Waals surface area contributed by atoms with Gasteiger partial charge in [-0.15, -0.1) is 0 Å². The zero-order valence-corrected chi connectivity index (χ0v) is 10.3. The van der Waals surface area contributed by atoms with E-state index in [4.69, 9.17) is 0 Å². The van der Waals surface area contributed by atoms with Gasteiger partial charge >= 0.3 is 0 Å². The van der Waals surface area contributed by atoms with Gasteiger partial charge in [0.15, 0.2) is 0 Å². The monoisotopic (exact) mass is 241 g/mol. The molecule has 2 saturated heterocycles. The standard InChI is InChI=1S/C12H23N3O2/c16-9-11(8-15-5-1-2-6-15)14-12(17)10-3-4-13-7-10/h10-11,13,16H,1-9H2,(H,14,17). The second-order valence-corrected chi connectivity index (χ2v) is 5.09. The highest BCUT2D eigenvalue weighted by atomic mass is 16.3. The van der Waals surface area contributed by atoms with Crippen LogP contribution in [-0.4, -0.2) is 61.3 Å². The molecule has 0 spiro atoms. The van der Waals surface area contributed by atoms with Crippen molar-refractivity contribution >= 4 is 5.91 Å². The predicted molar refractivity (Wildman–Crippen MR) is 65.7 cm³/mol. The summed E-state index contributed by atoms with van der Waals surface area (Å²) < 4.78 is 0. The van der Waals surface area contributed by atoms with Gasteiger partial charge in [-0.3, -0.25) is 4.79 Å². The van der Waals surface area contributed by atoms with Gasteiger partial charge in [0.25, 0.3) is 0 Å². The number of likely N-dealkylation sites (tertiary alicyclic amines) is 1. The molecule has 2 aliphatic rings. The van der Waals surface area contributed by atoms with E-state index in [2.05, 4.69) is 15.5 Å². The summed E-state index contributed by atoms with van der Waals surface area (Å²) in [5, 5.41) is 15.5. The number of hydrogen-bond acceptors (Lipinski definition) is 4. The van der Waals surface area contributed by atoms with Crippen molar-refractivity contribution in [2.24, 2.45) is 5.92 Å². The van der Waals surface area contributed by atoms with E-state index >= 15 is 0 Å². The molecule has 17 heavy (non-hydrogen) atoms. The van der Waals surface area contributed by atoms with Crippen LogP contribution in [0.5, 0.6) is 0 Å². The van der Waals surface area contributed by atoms with Crippen LogP contribution in [0.1, 0.15) is 19.3 Å². The molecule has 5 heteroatoms. The molecule has 0 saturated carbocycles. The summed E-state index contributed by atoms with van der Waals surface area (Å²) in [4.78, 5) is 14.2. The lowest BCUT2D eigenvalue weighted by molar-refractivity contribution is -0.125. The predicted octanol–water partition coefficient (Wildman–Crippen LogP) is -0.831. The van der Waals surface area contributed by atoms with Crippen molar-refractivity contribution in [3.63, 3.8) is 0 Å². The molecule has 3 N–H and O–H groups in total. The van der Waals surface area contributed by atoms with E-state index in [1.807, 2.05) is 0 Å². The van der Waals surface area contributed by atoms with Crippen LogP contribution in [0.25, 0.3) is 0 Å². The van der Waals surface area contributed by atoms with Crippen molar-refractivity contribution in [3.05, 3.63) is 0 Å². The maximum Gasteiger partial charge on any atom is 0.224 e. The third-order valence-corrected chi connectivity index (χ3v) is 3.68. The Balaban J connectivity index is 1.75. The fraction of sp³-hybridized carbons (Fsp3) is 0.917. The van der Waals surface area contributed by atoms with E-state index in [0.717, 1.165) is 39.1 Å².